The molecule has 0 amide bonds. The lowest BCUT2D eigenvalue weighted by molar-refractivity contribution is 0.359. The van der Waals surface area contributed by atoms with Crippen molar-refractivity contribution in [2.24, 2.45) is 7.05 Å². The van der Waals surface area contributed by atoms with Gasteiger partial charge in [0.05, 0.1) is 0 Å². The van der Waals surface area contributed by atoms with Gasteiger partial charge in [-0.3, -0.25) is 4.68 Å². The molecule has 1 aliphatic rings. The number of nitrogens with one attached hydrogen (secondary N) is 1. The van der Waals surface area contributed by atoms with Crippen LogP contribution >= 0.6 is 0 Å². The molecule has 1 atom stereocenters. The minimum Gasteiger partial charge on any atom is -0.309 e. The zero-order valence-electron chi connectivity index (χ0n) is 13.1. The van der Waals surface area contributed by atoms with Gasteiger partial charge in [-0.25, -0.2) is 4.98 Å². The van der Waals surface area contributed by atoms with Crippen molar-refractivity contribution in [2.75, 3.05) is 6.54 Å². The van der Waals surface area contributed by atoms with Gasteiger partial charge >= 0.3 is 0 Å². The molecule has 0 saturated carbocycles. The number of aromatic nitrogens is 3. The van der Waals surface area contributed by atoms with E-state index < -0.39 is 0 Å². The minimum absolute atomic E-state index is 0.289. The summed E-state index contributed by atoms with van der Waals surface area (Å²) in [4.78, 5) is 4.28. The van der Waals surface area contributed by atoms with Gasteiger partial charge < -0.3 is 5.32 Å². The Bertz CT molecular complexity index is 615. The van der Waals surface area contributed by atoms with E-state index in [1.807, 2.05) is 7.05 Å². The van der Waals surface area contributed by atoms with Crippen LogP contribution in [0.2, 0.25) is 0 Å². The minimum atomic E-state index is 0.289. The van der Waals surface area contributed by atoms with Crippen molar-refractivity contribution >= 4 is 0 Å². The number of rotatable bonds is 4. The lowest BCUT2D eigenvalue weighted by Crippen LogP contribution is -2.33. The van der Waals surface area contributed by atoms with Crippen molar-refractivity contribution in [3.05, 3.63) is 47.5 Å². The molecule has 0 radical (unpaired) electrons. The first-order valence-electron chi connectivity index (χ1n) is 7.73. The predicted molar refractivity (Wildman–Crippen MR) is 84.2 cm³/mol. The van der Waals surface area contributed by atoms with Crippen LogP contribution in [-0.4, -0.2) is 21.3 Å². The van der Waals surface area contributed by atoms with Crippen LogP contribution in [0.3, 0.4) is 0 Å². The second kappa shape index (κ2) is 5.60. The molecule has 0 bridgehead atoms. The highest BCUT2D eigenvalue weighted by Gasteiger charge is 2.31. The van der Waals surface area contributed by atoms with Gasteiger partial charge in [-0.1, -0.05) is 38.1 Å². The van der Waals surface area contributed by atoms with Gasteiger partial charge in [0, 0.05) is 26.1 Å². The zero-order valence-corrected chi connectivity index (χ0v) is 13.1. The Morgan fingerprint density at radius 3 is 2.90 bits per heavy atom. The maximum atomic E-state index is 4.33. The average molecular weight is 284 g/mol. The summed E-state index contributed by atoms with van der Waals surface area (Å²) in [6, 6.07) is 9.31. The van der Waals surface area contributed by atoms with Crippen molar-refractivity contribution in [2.45, 2.75) is 44.6 Å². The molecular weight excluding hydrogens is 260 g/mol. The first kappa shape index (κ1) is 14.3. The van der Waals surface area contributed by atoms with E-state index in [1.54, 1.807) is 11.0 Å². The van der Waals surface area contributed by atoms with E-state index in [4.69, 9.17) is 0 Å². The standard InChI is InChI=1S/C17H24N4/c1-17(2)10-8-15(13-6-4-5-7-14(13)17)18-11-9-16-19-12-21(3)20-16/h4-7,12,15,18H,8-11H2,1-3H3. The highest BCUT2D eigenvalue weighted by Crippen LogP contribution is 2.41. The van der Waals surface area contributed by atoms with E-state index in [0.29, 0.717) is 6.04 Å². The highest BCUT2D eigenvalue weighted by atomic mass is 15.3. The summed E-state index contributed by atoms with van der Waals surface area (Å²) in [5, 5.41) is 8.01. The van der Waals surface area contributed by atoms with Crippen molar-refractivity contribution in [3.8, 4) is 0 Å². The highest BCUT2D eigenvalue weighted by molar-refractivity contribution is 5.38. The van der Waals surface area contributed by atoms with Gasteiger partial charge in [-0.05, 0) is 29.4 Å². The summed E-state index contributed by atoms with van der Waals surface area (Å²) >= 11 is 0. The molecule has 1 aromatic heterocycles. The van der Waals surface area contributed by atoms with Crippen LogP contribution in [0, 0.1) is 0 Å². The second-order valence-electron chi connectivity index (χ2n) is 6.60. The number of hydrogen-bond donors (Lipinski definition) is 1. The number of benzene rings is 1. The molecule has 0 spiro atoms. The molecule has 0 fully saturated rings. The molecule has 1 aliphatic carbocycles. The molecular formula is C17H24N4. The quantitative estimate of drug-likeness (QED) is 0.939. The fourth-order valence-corrected chi connectivity index (χ4v) is 3.28. The fourth-order valence-electron chi connectivity index (χ4n) is 3.28. The monoisotopic (exact) mass is 284 g/mol. The SMILES string of the molecule is Cn1cnc(CCNC2CCC(C)(C)c3ccccc32)n1. The topological polar surface area (TPSA) is 42.7 Å². The first-order valence-corrected chi connectivity index (χ1v) is 7.73. The smallest absolute Gasteiger partial charge is 0.151 e. The van der Waals surface area contributed by atoms with Crippen molar-refractivity contribution in [1.29, 1.82) is 0 Å². The third-order valence-electron chi connectivity index (χ3n) is 4.51. The van der Waals surface area contributed by atoms with Crippen LogP contribution in [0.25, 0.3) is 0 Å². The number of aryl methyl sites for hydroxylation is 1. The molecule has 21 heavy (non-hydrogen) atoms. The lowest BCUT2D eigenvalue weighted by atomic mass is 9.71. The maximum absolute atomic E-state index is 4.33. The van der Waals surface area contributed by atoms with Crippen LogP contribution in [0.1, 0.15) is 49.7 Å². The van der Waals surface area contributed by atoms with Gasteiger partial charge in [0.1, 0.15) is 6.33 Å². The molecule has 112 valence electrons. The molecule has 1 unspecified atom stereocenters. The lowest BCUT2D eigenvalue weighted by Gasteiger charge is -2.37. The summed E-state index contributed by atoms with van der Waals surface area (Å²) < 4.78 is 1.76. The molecule has 1 heterocycles. The van der Waals surface area contributed by atoms with Crippen LogP contribution in [-0.2, 0) is 18.9 Å². The Hall–Kier alpha value is -1.68. The van der Waals surface area contributed by atoms with E-state index in [0.717, 1.165) is 18.8 Å². The largest absolute Gasteiger partial charge is 0.309 e. The second-order valence-corrected chi connectivity index (χ2v) is 6.60. The summed E-state index contributed by atoms with van der Waals surface area (Å²) in [5.41, 5.74) is 3.24. The van der Waals surface area contributed by atoms with E-state index in [-0.39, 0.29) is 5.41 Å². The maximum Gasteiger partial charge on any atom is 0.151 e. The average Bonchev–Trinajstić information content (AvgIpc) is 2.87. The third kappa shape index (κ3) is 3.00. The van der Waals surface area contributed by atoms with Crippen LogP contribution in [0.15, 0.2) is 30.6 Å². The van der Waals surface area contributed by atoms with Crippen LogP contribution < -0.4 is 5.32 Å². The Morgan fingerprint density at radius 2 is 2.14 bits per heavy atom. The fraction of sp³-hybridized carbons (Fsp3) is 0.529. The normalized spacial score (nSPS) is 20.2. The summed E-state index contributed by atoms with van der Waals surface area (Å²) in [5.74, 6) is 0.912. The van der Waals surface area contributed by atoms with E-state index >= 15 is 0 Å². The van der Waals surface area contributed by atoms with E-state index in [9.17, 15) is 0 Å². The number of hydrogen-bond acceptors (Lipinski definition) is 3. The Balaban J connectivity index is 1.66. The Morgan fingerprint density at radius 1 is 1.33 bits per heavy atom. The molecule has 4 nitrogen and oxygen atoms in total. The van der Waals surface area contributed by atoms with Crippen molar-refractivity contribution in [3.63, 3.8) is 0 Å². The molecule has 1 aromatic carbocycles. The third-order valence-corrected chi connectivity index (χ3v) is 4.51. The zero-order chi connectivity index (χ0) is 14.9. The van der Waals surface area contributed by atoms with Crippen LogP contribution in [0.4, 0.5) is 0 Å². The van der Waals surface area contributed by atoms with E-state index in [1.165, 1.54) is 24.0 Å². The van der Waals surface area contributed by atoms with Crippen LogP contribution in [0.5, 0.6) is 0 Å². The van der Waals surface area contributed by atoms with Gasteiger partial charge in [0.25, 0.3) is 0 Å². The number of nitrogens with zero attached hydrogens (tertiary/aromatic N) is 3. The van der Waals surface area contributed by atoms with Crippen molar-refractivity contribution < 1.29 is 0 Å². The molecule has 1 N–H and O–H groups in total. The van der Waals surface area contributed by atoms with E-state index in [2.05, 4.69) is 53.5 Å². The summed E-state index contributed by atoms with van der Waals surface area (Å²) in [7, 11) is 1.91. The van der Waals surface area contributed by atoms with Gasteiger partial charge in [-0.2, -0.15) is 5.10 Å². The molecule has 2 aromatic rings. The Labute approximate surface area is 126 Å². The summed E-state index contributed by atoms with van der Waals surface area (Å²) in [6.45, 7) is 5.61. The summed E-state index contributed by atoms with van der Waals surface area (Å²) in [6.07, 6.45) is 5.06. The van der Waals surface area contributed by atoms with Gasteiger partial charge in [-0.15, -0.1) is 0 Å². The molecule has 3 rings (SSSR count). The van der Waals surface area contributed by atoms with Gasteiger partial charge in [0.15, 0.2) is 5.82 Å². The number of fused-ring (bicyclic) bond motifs is 1. The molecule has 0 saturated heterocycles. The molecule has 4 heteroatoms. The van der Waals surface area contributed by atoms with Crippen molar-refractivity contribution in [1.82, 2.24) is 20.1 Å². The Kier molecular flexibility index (Phi) is 3.81. The first-order chi connectivity index (χ1) is 10.1. The van der Waals surface area contributed by atoms with Gasteiger partial charge in [0.2, 0.25) is 0 Å². The molecule has 0 aliphatic heterocycles. The predicted octanol–water partition coefficient (Wildman–Crippen LogP) is 2.76.